The van der Waals surface area contributed by atoms with Crippen molar-refractivity contribution in [2.75, 3.05) is 0 Å². The summed E-state index contributed by atoms with van der Waals surface area (Å²) in [4.78, 5) is 13.3. The van der Waals surface area contributed by atoms with E-state index in [9.17, 15) is 0 Å². The highest BCUT2D eigenvalue weighted by atomic mass is 79.9. The predicted molar refractivity (Wildman–Crippen MR) is 92.1 cm³/mol. The van der Waals surface area contributed by atoms with Crippen molar-refractivity contribution in [3.05, 3.63) is 36.5 Å². The summed E-state index contributed by atoms with van der Waals surface area (Å²) < 4.78 is 2.42. The Kier molecular flexibility index (Phi) is 4.89. The fraction of sp³-hybridized carbons (Fsp3) is 0.308. The molecule has 0 fully saturated rings. The minimum Gasteiger partial charge on any atom is -0.251 e. The van der Waals surface area contributed by atoms with E-state index >= 15 is 0 Å². The lowest BCUT2D eigenvalue weighted by Crippen LogP contribution is -2.16. The van der Waals surface area contributed by atoms with Gasteiger partial charge in [-0.1, -0.05) is 32.4 Å². The van der Waals surface area contributed by atoms with Gasteiger partial charge in [-0.25, -0.2) is 9.97 Å². The summed E-state index contributed by atoms with van der Waals surface area (Å²) in [5, 5.41) is 0.386. The van der Waals surface area contributed by atoms with Crippen LogP contribution in [0.15, 0.2) is 25.7 Å². The van der Waals surface area contributed by atoms with Gasteiger partial charge in [0.2, 0.25) is 0 Å². The predicted octanol–water partition coefficient (Wildman–Crippen LogP) is 5.78. The van der Waals surface area contributed by atoms with Gasteiger partial charge < -0.3 is 0 Å². The molecular formula is C13H11Br3ClN3. The van der Waals surface area contributed by atoms with Crippen LogP contribution >= 0.6 is 59.4 Å². The highest BCUT2D eigenvalue weighted by Crippen LogP contribution is 2.35. The third kappa shape index (κ3) is 3.40. The van der Waals surface area contributed by atoms with Gasteiger partial charge in [-0.2, -0.15) is 0 Å². The summed E-state index contributed by atoms with van der Waals surface area (Å²) in [6, 6.07) is 1.90. The van der Waals surface area contributed by atoms with Crippen LogP contribution in [0.3, 0.4) is 0 Å². The van der Waals surface area contributed by atoms with E-state index in [0.717, 1.165) is 19.1 Å². The van der Waals surface area contributed by atoms with Crippen molar-refractivity contribution >= 4 is 59.4 Å². The van der Waals surface area contributed by atoms with E-state index in [2.05, 4.69) is 83.5 Å². The molecule has 2 heterocycles. The van der Waals surface area contributed by atoms with Crippen LogP contribution in [0.5, 0.6) is 0 Å². The van der Waals surface area contributed by atoms with Gasteiger partial charge in [0.25, 0.3) is 0 Å². The van der Waals surface area contributed by atoms with Gasteiger partial charge in [-0.3, -0.25) is 4.98 Å². The Bertz CT molecular complexity index is 669. The van der Waals surface area contributed by atoms with Crippen LogP contribution in [-0.4, -0.2) is 15.0 Å². The third-order valence-electron chi connectivity index (χ3n) is 2.54. The number of nitrogens with zero attached hydrogens (tertiary/aromatic N) is 3. The van der Waals surface area contributed by atoms with Crippen LogP contribution in [-0.2, 0) is 5.41 Å². The van der Waals surface area contributed by atoms with Crippen molar-refractivity contribution in [2.45, 2.75) is 26.2 Å². The lowest BCUT2D eigenvalue weighted by molar-refractivity contribution is 0.564. The lowest BCUT2D eigenvalue weighted by Gasteiger charge is -2.20. The van der Waals surface area contributed by atoms with Crippen molar-refractivity contribution in [2.24, 2.45) is 0 Å². The number of hydrogen-bond donors (Lipinski definition) is 0. The molecule has 0 saturated carbocycles. The van der Waals surface area contributed by atoms with Gasteiger partial charge in [0.1, 0.15) is 10.8 Å². The molecule has 0 aromatic carbocycles. The molecule has 0 atom stereocenters. The highest BCUT2D eigenvalue weighted by Gasteiger charge is 2.24. The van der Waals surface area contributed by atoms with Gasteiger partial charge in [0.05, 0.1) is 10.2 Å². The van der Waals surface area contributed by atoms with Crippen LogP contribution in [0, 0.1) is 0 Å². The second-order valence-electron chi connectivity index (χ2n) is 5.23. The fourth-order valence-corrected chi connectivity index (χ4v) is 3.71. The summed E-state index contributed by atoms with van der Waals surface area (Å²) in [5.41, 5.74) is 1.36. The van der Waals surface area contributed by atoms with E-state index in [1.807, 2.05) is 6.07 Å². The Morgan fingerprint density at radius 1 is 1.10 bits per heavy atom. The van der Waals surface area contributed by atoms with Crippen molar-refractivity contribution in [1.82, 2.24) is 15.0 Å². The maximum absolute atomic E-state index is 6.21. The molecule has 2 aromatic heterocycles. The third-order valence-corrected chi connectivity index (χ3v) is 4.83. The second kappa shape index (κ2) is 5.99. The summed E-state index contributed by atoms with van der Waals surface area (Å²) in [7, 11) is 0. The second-order valence-corrected chi connectivity index (χ2v) is 8.16. The summed E-state index contributed by atoms with van der Waals surface area (Å²) >= 11 is 16.5. The van der Waals surface area contributed by atoms with Crippen molar-refractivity contribution in [3.8, 4) is 11.5 Å². The van der Waals surface area contributed by atoms with Gasteiger partial charge in [0.15, 0.2) is 5.82 Å². The van der Waals surface area contributed by atoms with Crippen molar-refractivity contribution in [1.29, 1.82) is 0 Å². The zero-order valence-corrected chi connectivity index (χ0v) is 16.5. The molecule has 7 heteroatoms. The van der Waals surface area contributed by atoms with Gasteiger partial charge >= 0.3 is 0 Å². The van der Waals surface area contributed by atoms with E-state index < -0.39 is 0 Å². The number of rotatable bonds is 1. The topological polar surface area (TPSA) is 38.7 Å². The van der Waals surface area contributed by atoms with Crippen LogP contribution in [0.25, 0.3) is 11.5 Å². The van der Waals surface area contributed by atoms with Crippen LogP contribution in [0.4, 0.5) is 0 Å². The molecule has 0 bridgehead atoms. The Morgan fingerprint density at radius 2 is 1.75 bits per heavy atom. The highest BCUT2D eigenvalue weighted by molar-refractivity contribution is 9.11. The normalized spacial score (nSPS) is 11.8. The van der Waals surface area contributed by atoms with Crippen LogP contribution in [0.2, 0.25) is 5.15 Å². The minimum atomic E-state index is -0.151. The quantitative estimate of drug-likeness (QED) is 0.482. The van der Waals surface area contributed by atoms with E-state index in [4.69, 9.17) is 11.6 Å². The number of halogens is 4. The molecule has 2 rings (SSSR count). The van der Waals surface area contributed by atoms with Gasteiger partial charge in [0, 0.05) is 20.6 Å². The first-order valence-electron chi connectivity index (χ1n) is 5.75. The maximum atomic E-state index is 6.21. The van der Waals surface area contributed by atoms with E-state index in [1.165, 1.54) is 0 Å². The average Bonchev–Trinajstić information content (AvgIpc) is 2.31. The Morgan fingerprint density at radius 3 is 2.30 bits per heavy atom. The molecule has 0 aliphatic carbocycles. The number of aromatic nitrogens is 3. The van der Waals surface area contributed by atoms with Crippen molar-refractivity contribution in [3.63, 3.8) is 0 Å². The number of hydrogen-bond acceptors (Lipinski definition) is 3. The maximum Gasteiger partial charge on any atom is 0.181 e. The summed E-state index contributed by atoms with van der Waals surface area (Å²) in [6.07, 6.45) is 1.70. The van der Waals surface area contributed by atoms with Gasteiger partial charge in [-0.05, 0) is 53.9 Å². The molecule has 0 aliphatic rings. The molecule has 0 N–H and O–H groups in total. The molecule has 106 valence electrons. The molecule has 2 aromatic rings. The number of pyridine rings is 1. The summed E-state index contributed by atoms with van der Waals surface area (Å²) in [6.45, 7) is 6.22. The zero-order valence-electron chi connectivity index (χ0n) is 11.0. The first-order valence-corrected chi connectivity index (χ1v) is 8.51. The monoisotopic (exact) mass is 481 g/mol. The first-order chi connectivity index (χ1) is 9.20. The molecular weight excluding hydrogens is 473 g/mol. The minimum absolute atomic E-state index is 0.151. The van der Waals surface area contributed by atoms with E-state index in [-0.39, 0.29) is 5.41 Å². The molecule has 0 saturated heterocycles. The molecule has 0 unspecified atom stereocenters. The molecule has 3 nitrogen and oxygen atoms in total. The molecule has 20 heavy (non-hydrogen) atoms. The Labute approximate surface area is 148 Å². The molecule has 0 spiro atoms. The average molecular weight is 484 g/mol. The Hall–Kier alpha value is -0.0400. The van der Waals surface area contributed by atoms with Crippen LogP contribution in [0.1, 0.15) is 26.5 Å². The first kappa shape index (κ1) is 16.3. The molecule has 0 amide bonds. The largest absolute Gasteiger partial charge is 0.251 e. The fourth-order valence-electron chi connectivity index (χ4n) is 1.60. The molecule has 0 aliphatic heterocycles. The SMILES string of the molecule is CC(C)(C)c1nc(-c2ncc(Br)cc2Br)nc(Cl)c1Br. The van der Waals surface area contributed by atoms with Crippen molar-refractivity contribution < 1.29 is 0 Å². The standard InChI is InChI=1S/C13H11Br3ClN3/c1-13(2,3)10-8(16)11(17)20-12(19-10)9-7(15)4-6(14)5-18-9/h4-5H,1-3H3. The van der Waals surface area contributed by atoms with Crippen LogP contribution < -0.4 is 0 Å². The zero-order chi connectivity index (χ0) is 15.1. The van der Waals surface area contributed by atoms with E-state index in [0.29, 0.717) is 16.7 Å². The lowest BCUT2D eigenvalue weighted by atomic mass is 9.92. The Balaban J connectivity index is 2.67. The smallest absolute Gasteiger partial charge is 0.181 e. The van der Waals surface area contributed by atoms with Gasteiger partial charge in [-0.15, -0.1) is 0 Å². The van der Waals surface area contributed by atoms with E-state index in [1.54, 1.807) is 6.20 Å². The molecule has 0 radical (unpaired) electrons. The summed E-state index contributed by atoms with van der Waals surface area (Å²) in [5.74, 6) is 0.502.